The lowest BCUT2D eigenvalue weighted by Gasteiger charge is -2.20. The number of hydrogen-bond donors (Lipinski definition) is 3. The maximum Gasteiger partial charge on any atom is 0.220 e. The Morgan fingerprint density at radius 3 is 1.16 bits per heavy atom. The summed E-state index contributed by atoms with van der Waals surface area (Å²) in [6.45, 7) is 4.18. The summed E-state index contributed by atoms with van der Waals surface area (Å²) in [7, 11) is 0. The predicted molar refractivity (Wildman–Crippen MR) is 253 cm³/mol. The van der Waals surface area contributed by atoms with Crippen LogP contribution in [0.4, 0.5) is 0 Å². The number of unbranched alkanes of at least 4 members (excludes halogenated alkanes) is 21. The summed E-state index contributed by atoms with van der Waals surface area (Å²) < 4.78 is 0. The normalized spacial score (nSPS) is 13.8. The van der Waals surface area contributed by atoms with Gasteiger partial charge in [-0.2, -0.15) is 0 Å². The van der Waals surface area contributed by atoms with Crippen LogP contribution >= 0.6 is 0 Å². The van der Waals surface area contributed by atoms with Gasteiger partial charge < -0.3 is 15.5 Å². The van der Waals surface area contributed by atoms with E-state index in [9.17, 15) is 15.0 Å². The maximum absolute atomic E-state index is 12.4. The standard InChI is InChI=1S/C53H91NO3/c1-3-5-7-9-11-13-15-17-19-21-23-24-25-26-27-28-29-30-31-33-35-37-39-41-43-45-47-49-53(57)54-51(50-55)52(56)48-46-44-42-40-38-36-34-32-22-20-18-16-14-12-10-8-6-4-2/h5,7,11,13,17,19,23-24,26-27,29-30,33,35,46,48,51-52,55-56H,3-4,6,8-10,12,14-16,18,20-22,25,28,31-32,34,36-45,47,49-50H2,1-2H3,(H,54,57)/b7-5-,13-11-,19-17-,24-23-,27-26-,30-29-,35-33-,48-46+. The minimum atomic E-state index is -0.854. The van der Waals surface area contributed by atoms with Crippen LogP contribution in [0.3, 0.4) is 0 Å². The molecule has 0 aliphatic rings. The Kier molecular flexibility index (Phi) is 45.4. The Labute approximate surface area is 353 Å². The molecule has 0 saturated carbocycles. The fraction of sp³-hybridized carbons (Fsp3) is 0.679. The largest absolute Gasteiger partial charge is 0.394 e. The molecule has 0 rings (SSSR count). The van der Waals surface area contributed by atoms with Crippen LogP contribution < -0.4 is 5.32 Å². The molecule has 2 atom stereocenters. The number of carbonyl (C=O) groups excluding carboxylic acids is 1. The lowest BCUT2D eigenvalue weighted by atomic mass is 10.0. The first-order valence-corrected chi connectivity index (χ1v) is 24.0. The van der Waals surface area contributed by atoms with Crippen LogP contribution in [0.2, 0.25) is 0 Å². The number of hydrogen-bond acceptors (Lipinski definition) is 3. The molecule has 0 radical (unpaired) electrons. The number of carbonyl (C=O) groups is 1. The first kappa shape index (κ1) is 54.3. The van der Waals surface area contributed by atoms with Crippen LogP contribution in [0.5, 0.6) is 0 Å². The Morgan fingerprint density at radius 1 is 0.439 bits per heavy atom. The van der Waals surface area contributed by atoms with Crippen LogP contribution in [-0.4, -0.2) is 34.9 Å². The van der Waals surface area contributed by atoms with Crippen molar-refractivity contribution in [1.82, 2.24) is 5.32 Å². The van der Waals surface area contributed by atoms with E-state index in [1.54, 1.807) is 6.08 Å². The average molecular weight is 790 g/mol. The van der Waals surface area contributed by atoms with Crippen molar-refractivity contribution in [3.05, 3.63) is 97.2 Å². The van der Waals surface area contributed by atoms with Gasteiger partial charge in [0, 0.05) is 6.42 Å². The molecule has 3 N–H and O–H groups in total. The van der Waals surface area contributed by atoms with Gasteiger partial charge in [0.25, 0.3) is 0 Å². The lowest BCUT2D eigenvalue weighted by molar-refractivity contribution is -0.123. The maximum atomic E-state index is 12.4. The summed E-state index contributed by atoms with van der Waals surface area (Å²) in [5.41, 5.74) is 0. The monoisotopic (exact) mass is 790 g/mol. The van der Waals surface area contributed by atoms with Gasteiger partial charge in [-0.05, 0) is 77.0 Å². The van der Waals surface area contributed by atoms with Gasteiger partial charge in [0.15, 0.2) is 0 Å². The molecular weight excluding hydrogens is 699 g/mol. The highest BCUT2D eigenvalue weighted by molar-refractivity contribution is 5.76. The van der Waals surface area contributed by atoms with Gasteiger partial charge in [-0.1, -0.05) is 227 Å². The molecule has 4 heteroatoms. The first-order valence-electron chi connectivity index (χ1n) is 24.0. The van der Waals surface area contributed by atoms with Crippen molar-refractivity contribution in [2.75, 3.05) is 6.61 Å². The van der Waals surface area contributed by atoms with Crippen LogP contribution in [0.25, 0.3) is 0 Å². The van der Waals surface area contributed by atoms with Crippen molar-refractivity contribution in [3.63, 3.8) is 0 Å². The fourth-order valence-corrected chi connectivity index (χ4v) is 6.69. The van der Waals surface area contributed by atoms with E-state index in [2.05, 4.69) is 104 Å². The van der Waals surface area contributed by atoms with Gasteiger partial charge in [0.1, 0.15) is 0 Å². The molecule has 0 aliphatic carbocycles. The number of aliphatic hydroxyl groups excluding tert-OH is 2. The molecule has 0 heterocycles. The fourth-order valence-electron chi connectivity index (χ4n) is 6.69. The topological polar surface area (TPSA) is 69.6 Å². The molecular formula is C53H91NO3. The molecule has 0 spiro atoms. The number of rotatable bonds is 42. The minimum absolute atomic E-state index is 0.0864. The van der Waals surface area contributed by atoms with Crippen molar-refractivity contribution in [2.24, 2.45) is 0 Å². The smallest absolute Gasteiger partial charge is 0.220 e. The summed E-state index contributed by atoms with van der Waals surface area (Å²) in [5.74, 6) is -0.0864. The number of amides is 1. The van der Waals surface area contributed by atoms with Crippen molar-refractivity contribution < 1.29 is 15.0 Å². The van der Waals surface area contributed by atoms with E-state index >= 15 is 0 Å². The second kappa shape index (κ2) is 47.7. The summed E-state index contributed by atoms with van der Waals surface area (Å²) in [6, 6.07) is -0.640. The van der Waals surface area contributed by atoms with E-state index in [0.29, 0.717) is 6.42 Å². The van der Waals surface area contributed by atoms with Crippen LogP contribution in [0.1, 0.15) is 213 Å². The molecule has 0 aromatic rings. The average Bonchev–Trinajstić information content (AvgIpc) is 3.22. The summed E-state index contributed by atoms with van der Waals surface area (Å²) in [5, 5.41) is 23.1. The molecule has 0 aromatic carbocycles. The van der Waals surface area contributed by atoms with Crippen molar-refractivity contribution in [3.8, 4) is 0 Å². The van der Waals surface area contributed by atoms with E-state index in [4.69, 9.17) is 0 Å². The number of nitrogens with one attached hydrogen (secondary N) is 1. The highest BCUT2D eigenvalue weighted by Crippen LogP contribution is 2.14. The van der Waals surface area contributed by atoms with Gasteiger partial charge >= 0.3 is 0 Å². The second-order valence-corrected chi connectivity index (χ2v) is 15.8. The SMILES string of the molecule is CC/C=C\C/C=C\C/C=C\C/C=C\C/C=C\C/C=C\C/C=C\CCCCCCCC(=O)NC(CO)C(O)/C=C/CCCCCCCCCCCCCCCCCC. The molecule has 0 bridgehead atoms. The second-order valence-electron chi connectivity index (χ2n) is 15.8. The molecule has 1 amide bonds. The van der Waals surface area contributed by atoms with Crippen molar-refractivity contribution in [2.45, 2.75) is 225 Å². The zero-order valence-corrected chi connectivity index (χ0v) is 37.3. The number of allylic oxidation sites excluding steroid dienone is 15. The molecule has 57 heavy (non-hydrogen) atoms. The van der Waals surface area contributed by atoms with E-state index in [1.165, 1.54) is 109 Å². The van der Waals surface area contributed by atoms with Crippen LogP contribution in [0.15, 0.2) is 97.2 Å². The molecule has 2 unspecified atom stereocenters. The van der Waals surface area contributed by atoms with E-state index in [1.807, 2.05) is 6.08 Å². The van der Waals surface area contributed by atoms with Crippen molar-refractivity contribution >= 4 is 5.91 Å². The first-order chi connectivity index (χ1) is 28.2. The van der Waals surface area contributed by atoms with Gasteiger partial charge in [0.2, 0.25) is 5.91 Å². The molecule has 0 aliphatic heterocycles. The lowest BCUT2D eigenvalue weighted by Crippen LogP contribution is -2.45. The Bertz CT molecular complexity index is 1080. The highest BCUT2D eigenvalue weighted by atomic mass is 16.3. The highest BCUT2D eigenvalue weighted by Gasteiger charge is 2.17. The summed E-state index contributed by atoms with van der Waals surface area (Å²) in [4.78, 5) is 12.4. The van der Waals surface area contributed by atoms with Crippen LogP contribution in [0, 0.1) is 0 Å². The van der Waals surface area contributed by atoms with E-state index < -0.39 is 12.1 Å². The van der Waals surface area contributed by atoms with Gasteiger partial charge in [-0.3, -0.25) is 4.79 Å². The van der Waals surface area contributed by atoms with E-state index in [-0.39, 0.29) is 12.5 Å². The third-order valence-corrected chi connectivity index (χ3v) is 10.3. The molecule has 0 saturated heterocycles. The number of aliphatic hydroxyl groups is 2. The van der Waals surface area contributed by atoms with Crippen molar-refractivity contribution in [1.29, 1.82) is 0 Å². The quantitative estimate of drug-likeness (QED) is 0.0426. The minimum Gasteiger partial charge on any atom is -0.394 e. The molecule has 0 fully saturated rings. The zero-order valence-electron chi connectivity index (χ0n) is 37.3. The van der Waals surface area contributed by atoms with Gasteiger partial charge in [-0.15, -0.1) is 0 Å². The van der Waals surface area contributed by atoms with E-state index in [0.717, 1.165) is 83.5 Å². The predicted octanol–water partition coefficient (Wildman–Crippen LogP) is 15.4. The van der Waals surface area contributed by atoms with Gasteiger partial charge in [-0.25, -0.2) is 0 Å². The Morgan fingerprint density at radius 2 is 0.772 bits per heavy atom. The Balaban J connectivity index is 3.67. The molecule has 4 nitrogen and oxygen atoms in total. The molecule has 326 valence electrons. The summed E-state index contributed by atoms with van der Waals surface area (Å²) in [6.07, 6.45) is 70.9. The summed E-state index contributed by atoms with van der Waals surface area (Å²) >= 11 is 0. The van der Waals surface area contributed by atoms with Crippen LogP contribution in [-0.2, 0) is 4.79 Å². The third kappa shape index (κ3) is 44.3. The molecule has 0 aromatic heterocycles. The third-order valence-electron chi connectivity index (χ3n) is 10.3. The zero-order chi connectivity index (χ0) is 41.4. The van der Waals surface area contributed by atoms with Gasteiger partial charge in [0.05, 0.1) is 18.8 Å². The Hall–Kier alpha value is -2.69.